The minimum atomic E-state index is -0.671. The lowest BCUT2D eigenvalue weighted by Gasteiger charge is -2.14. The molecule has 158 valence electrons. The van der Waals surface area contributed by atoms with E-state index < -0.39 is 29.6 Å². The molecule has 3 aromatic rings. The number of aromatic nitrogens is 5. The molecule has 14 heteroatoms. The maximum atomic E-state index is 11.7. The zero-order valence-corrected chi connectivity index (χ0v) is 16.6. The van der Waals surface area contributed by atoms with Crippen LogP contribution in [0.3, 0.4) is 0 Å². The van der Waals surface area contributed by atoms with Crippen LogP contribution >= 0.6 is 12.2 Å². The molecule has 1 fully saturated rings. The van der Waals surface area contributed by atoms with Gasteiger partial charge in [0.1, 0.15) is 22.2 Å². The first-order valence-electron chi connectivity index (χ1n) is 8.78. The third-order valence-electron chi connectivity index (χ3n) is 4.48. The first-order chi connectivity index (χ1) is 14.3. The maximum Gasteiger partial charge on any atom is 0.330 e. The van der Waals surface area contributed by atoms with E-state index in [1.165, 1.54) is 10.8 Å². The number of ether oxygens (including phenoxy) is 1. The van der Waals surface area contributed by atoms with E-state index in [-0.39, 0.29) is 13.0 Å². The van der Waals surface area contributed by atoms with Crippen LogP contribution < -0.4 is 17.0 Å². The highest BCUT2D eigenvalue weighted by atomic mass is 32.1. The van der Waals surface area contributed by atoms with Crippen molar-refractivity contribution in [3.8, 4) is 0 Å². The van der Waals surface area contributed by atoms with Gasteiger partial charge in [-0.1, -0.05) is 17.3 Å². The van der Waals surface area contributed by atoms with Crippen molar-refractivity contribution in [3.05, 3.63) is 60.1 Å². The fourth-order valence-corrected chi connectivity index (χ4v) is 3.30. The molecule has 1 saturated heterocycles. The van der Waals surface area contributed by atoms with Gasteiger partial charge in [-0.25, -0.2) is 9.78 Å². The number of anilines is 1. The quantitative estimate of drug-likeness (QED) is 0.175. The minimum Gasteiger partial charge on any atom is -0.394 e. The van der Waals surface area contributed by atoms with Gasteiger partial charge >= 0.3 is 5.69 Å². The second-order valence-electron chi connectivity index (χ2n) is 6.52. The van der Waals surface area contributed by atoms with Crippen LogP contribution in [0.15, 0.2) is 33.3 Å². The first-order valence-corrected chi connectivity index (χ1v) is 9.19. The van der Waals surface area contributed by atoms with E-state index in [1.54, 1.807) is 19.3 Å². The Morgan fingerprint density at radius 2 is 2.27 bits per heavy atom. The van der Waals surface area contributed by atoms with Crippen LogP contribution in [0.25, 0.3) is 21.5 Å². The fraction of sp³-hybridized carbons (Fsp3) is 0.375. The predicted molar refractivity (Wildman–Crippen MR) is 110 cm³/mol. The number of nitrogens with zero attached hydrogens (tertiary/aromatic N) is 5. The lowest BCUT2D eigenvalue weighted by atomic mass is 10.1. The number of hydrogen-bond donors (Lipinski definition) is 5. The Morgan fingerprint density at radius 1 is 1.50 bits per heavy atom. The first kappa shape index (κ1) is 21.3. The number of nitrogen functional groups attached to an aromatic ring is 1. The normalized spacial score (nSPS) is 20.4. The molecule has 0 amide bonds. The molecule has 3 aromatic heterocycles. The van der Waals surface area contributed by atoms with Crippen molar-refractivity contribution >= 4 is 29.1 Å². The number of azide groups is 1. The van der Waals surface area contributed by atoms with Crippen LogP contribution in [0.5, 0.6) is 0 Å². The minimum absolute atomic E-state index is 0.265. The lowest BCUT2D eigenvalue weighted by molar-refractivity contribution is -0.0271. The van der Waals surface area contributed by atoms with Gasteiger partial charge in [-0.2, -0.15) is 0 Å². The maximum absolute atomic E-state index is 11.7. The van der Waals surface area contributed by atoms with E-state index in [0.29, 0.717) is 16.0 Å². The van der Waals surface area contributed by atoms with E-state index >= 15 is 0 Å². The van der Waals surface area contributed by atoms with Gasteiger partial charge in [0, 0.05) is 29.2 Å². The summed E-state index contributed by atoms with van der Waals surface area (Å²) < 4.78 is 7.26. The molecule has 0 unspecified atom stereocenters. The molecular formula is C16H19N9O4S. The number of H-pyrrole nitrogens is 3. The highest BCUT2D eigenvalue weighted by Gasteiger charge is 2.35. The zero-order valence-electron chi connectivity index (χ0n) is 15.8. The molecule has 1 aliphatic rings. The molecule has 1 aliphatic heterocycles. The number of hydrogen-bond acceptors (Lipinski definition) is 8. The largest absolute Gasteiger partial charge is 0.394 e. The van der Waals surface area contributed by atoms with Gasteiger partial charge < -0.3 is 25.5 Å². The molecule has 0 radical (unpaired) electrons. The Balaban J connectivity index is 0.000000196. The molecule has 4 heterocycles. The number of aliphatic hydroxyl groups is 1. The smallest absolute Gasteiger partial charge is 0.330 e. The van der Waals surface area contributed by atoms with Gasteiger partial charge in [0.05, 0.1) is 30.6 Å². The van der Waals surface area contributed by atoms with Gasteiger partial charge in [-0.3, -0.25) is 14.3 Å². The second kappa shape index (κ2) is 8.92. The van der Waals surface area contributed by atoms with Crippen LogP contribution in [0.2, 0.25) is 0 Å². The van der Waals surface area contributed by atoms with E-state index in [2.05, 4.69) is 30.0 Å². The Morgan fingerprint density at radius 3 is 2.97 bits per heavy atom. The Labute approximate surface area is 173 Å². The average Bonchev–Trinajstić information content (AvgIpc) is 3.32. The standard InChI is InChI=1S/C10H13N5O4.C6H6N4S/c1-5-3-15(10(18)12-9(5)17)8-2-6(13-14-11)7(4-16)19-8;7-4-1-3-5(6(11)10-4)9-2-8-3/h3,6-8,16H,2,4H2,1H3,(H,12,17,18);1-2H,(H,8,9)(H3,7,10,11)/t6-,7+,8+;/m0./s1. The number of aliphatic hydroxyl groups excluding tert-OH is 1. The van der Waals surface area contributed by atoms with Crippen LogP contribution in [-0.2, 0) is 4.74 Å². The van der Waals surface area contributed by atoms with Crippen LogP contribution in [0.1, 0.15) is 18.2 Å². The molecular weight excluding hydrogens is 414 g/mol. The number of aryl methyl sites for hydroxylation is 1. The monoisotopic (exact) mass is 433 g/mol. The Hall–Kier alpha value is -3.45. The number of aromatic amines is 3. The van der Waals surface area contributed by atoms with Gasteiger partial charge in [-0.15, -0.1) is 0 Å². The van der Waals surface area contributed by atoms with Crippen molar-refractivity contribution < 1.29 is 9.84 Å². The van der Waals surface area contributed by atoms with Gasteiger partial charge in [0.25, 0.3) is 5.56 Å². The molecule has 30 heavy (non-hydrogen) atoms. The SMILES string of the molecule is Cc1cn([C@H]2C[C@H](N=[N+]=[N-])[C@@H](CO)O2)c(=O)[nH]c1=O.Nc1cc2[nH]cnc2c(=S)[nH]1. The molecule has 6 N–H and O–H groups in total. The van der Waals surface area contributed by atoms with E-state index in [0.717, 1.165) is 11.0 Å². The van der Waals surface area contributed by atoms with Crippen LogP contribution in [-0.4, -0.2) is 48.4 Å². The summed E-state index contributed by atoms with van der Waals surface area (Å²) in [5, 5.41) is 12.7. The number of fused-ring (bicyclic) bond motifs is 1. The number of nitrogens with one attached hydrogen (secondary N) is 3. The van der Waals surface area contributed by atoms with Gasteiger partial charge in [0.15, 0.2) is 0 Å². The molecule has 4 rings (SSSR count). The molecule has 3 atom stereocenters. The zero-order chi connectivity index (χ0) is 21.8. The van der Waals surface area contributed by atoms with Gasteiger partial charge in [0.2, 0.25) is 0 Å². The third-order valence-corrected chi connectivity index (χ3v) is 4.78. The van der Waals surface area contributed by atoms with Crippen molar-refractivity contribution in [2.24, 2.45) is 5.11 Å². The molecule has 0 aromatic carbocycles. The van der Waals surface area contributed by atoms with Crippen LogP contribution in [0, 0.1) is 11.6 Å². The van der Waals surface area contributed by atoms with Crippen molar-refractivity contribution in [2.45, 2.75) is 31.7 Å². The second-order valence-corrected chi connectivity index (χ2v) is 6.93. The average molecular weight is 433 g/mol. The van der Waals surface area contributed by atoms with E-state index in [9.17, 15) is 9.59 Å². The van der Waals surface area contributed by atoms with E-state index in [4.69, 9.17) is 33.3 Å². The summed E-state index contributed by atoms with van der Waals surface area (Å²) in [4.78, 5) is 37.6. The summed E-state index contributed by atoms with van der Waals surface area (Å²) >= 11 is 4.98. The Bertz CT molecular complexity index is 1270. The summed E-state index contributed by atoms with van der Waals surface area (Å²) in [5.74, 6) is 0.548. The van der Waals surface area contributed by atoms with Crippen LogP contribution in [0.4, 0.5) is 5.82 Å². The van der Waals surface area contributed by atoms with Crippen molar-refractivity contribution in [2.75, 3.05) is 12.3 Å². The number of nitrogens with two attached hydrogens (primary N) is 1. The summed E-state index contributed by atoms with van der Waals surface area (Å²) in [7, 11) is 0. The summed E-state index contributed by atoms with van der Waals surface area (Å²) in [6.45, 7) is 1.26. The number of pyridine rings is 1. The number of rotatable bonds is 3. The summed E-state index contributed by atoms with van der Waals surface area (Å²) in [6, 6.07) is 1.22. The highest BCUT2D eigenvalue weighted by molar-refractivity contribution is 7.71. The van der Waals surface area contributed by atoms with Crippen molar-refractivity contribution in [3.63, 3.8) is 0 Å². The van der Waals surface area contributed by atoms with Gasteiger partial charge in [-0.05, 0) is 12.5 Å². The van der Waals surface area contributed by atoms with Crippen molar-refractivity contribution in [1.29, 1.82) is 0 Å². The number of imidazole rings is 1. The molecule has 0 bridgehead atoms. The summed E-state index contributed by atoms with van der Waals surface area (Å²) in [6.07, 6.45) is 1.92. The molecule has 0 saturated carbocycles. The highest BCUT2D eigenvalue weighted by Crippen LogP contribution is 2.29. The molecule has 0 spiro atoms. The predicted octanol–water partition coefficient (Wildman–Crippen LogP) is 1.01. The lowest BCUT2D eigenvalue weighted by Crippen LogP contribution is -2.33. The molecule has 13 nitrogen and oxygen atoms in total. The van der Waals surface area contributed by atoms with Crippen molar-refractivity contribution in [1.82, 2.24) is 24.5 Å². The van der Waals surface area contributed by atoms with E-state index in [1.807, 2.05) is 0 Å². The third kappa shape index (κ3) is 4.41. The fourth-order valence-electron chi connectivity index (χ4n) is 3.02. The molecule has 0 aliphatic carbocycles. The summed E-state index contributed by atoms with van der Waals surface area (Å²) in [5.41, 5.74) is 14.9. The topological polar surface area (TPSA) is 204 Å². The Kier molecular flexibility index (Phi) is 6.32.